The van der Waals surface area contributed by atoms with E-state index in [-0.39, 0.29) is 17.5 Å². The van der Waals surface area contributed by atoms with Gasteiger partial charge in [-0.15, -0.1) is 0 Å². The highest BCUT2D eigenvalue weighted by atomic mass is 16.5. The van der Waals surface area contributed by atoms with Gasteiger partial charge in [0.15, 0.2) is 0 Å². The zero-order valence-corrected chi connectivity index (χ0v) is 11.9. The Balaban J connectivity index is 2.34. The Morgan fingerprint density at radius 3 is 2.25 bits per heavy atom. The third kappa shape index (κ3) is 2.79. The van der Waals surface area contributed by atoms with Gasteiger partial charge < -0.3 is 19.8 Å². The number of aromatic hydroxyl groups is 2. The van der Waals surface area contributed by atoms with Gasteiger partial charge in [-0.05, 0) is 36.8 Å². The molecule has 2 aromatic rings. The number of rotatable bonds is 4. The molecule has 0 spiro atoms. The van der Waals surface area contributed by atoms with E-state index in [9.17, 15) is 10.2 Å². The summed E-state index contributed by atoms with van der Waals surface area (Å²) in [6.45, 7) is 2.00. The van der Waals surface area contributed by atoms with Crippen molar-refractivity contribution in [3.05, 3.63) is 48.0 Å². The fourth-order valence-corrected chi connectivity index (χ4v) is 2.21. The summed E-state index contributed by atoms with van der Waals surface area (Å²) in [4.78, 5) is 2.03. The van der Waals surface area contributed by atoms with Crippen molar-refractivity contribution in [1.29, 1.82) is 0 Å². The first kappa shape index (κ1) is 14.1. The van der Waals surface area contributed by atoms with E-state index in [2.05, 4.69) is 0 Å². The Hall–Kier alpha value is -2.36. The summed E-state index contributed by atoms with van der Waals surface area (Å²) in [5, 5.41) is 19.2. The Labute approximate surface area is 118 Å². The zero-order valence-electron chi connectivity index (χ0n) is 11.9. The van der Waals surface area contributed by atoms with E-state index in [0.717, 1.165) is 17.0 Å². The molecular weight excluding hydrogens is 254 g/mol. The average molecular weight is 273 g/mol. The SMILES string of the molecule is COc1ccccc1N(C)C(C)c1cc(O)cc(O)c1. The van der Waals surface area contributed by atoms with E-state index in [0.29, 0.717) is 0 Å². The van der Waals surface area contributed by atoms with Crippen molar-refractivity contribution in [2.24, 2.45) is 0 Å². The predicted molar refractivity (Wildman–Crippen MR) is 79.6 cm³/mol. The van der Waals surface area contributed by atoms with Gasteiger partial charge >= 0.3 is 0 Å². The average Bonchev–Trinajstić information content (AvgIpc) is 2.44. The summed E-state index contributed by atoms with van der Waals surface area (Å²) in [7, 11) is 3.58. The van der Waals surface area contributed by atoms with E-state index in [1.165, 1.54) is 6.07 Å². The molecule has 0 aliphatic heterocycles. The van der Waals surface area contributed by atoms with E-state index in [1.54, 1.807) is 19.2 Å². The Morgan fingerprint density at radius 2 is 1.65 bits per heavy atom. The van der Waals surface area contributed by atoms with E-state index in [4.69, 9.17) is 4.74 Å². The minimum absolute atomic E-state index is 0.0238. The van der Waals surface area contributed by atoms with Gasteiger partial charge in [0.05, 0.1) is 18.8 Å². The van der Waals surface area contributed by atoms with Gasteiger partial charge in [0, 0.05) is 13.1 Å². The van der Waals surface area contributed by atoms with Gasteiger partial charge in [-0.25, -0.2) is 0 Å². The van der Waals surface area contributed by atoms with Crippen LogP contribution in [0.2, 0.25) is 0 Å². The molecule has 2 N–H and O–H groups in total. The van der Waals surface area contributed by atoms with Crippen LogP contribution in [0.4, 0.5) is 5.69 Å². The summed E-state index contributed by atoms with van der Waals surface area (Å²) in [5.74, 6) is 0.895. The first-order chi connectivity index (χ1) is 9.52. The third-order valence-electron chi connectivity index (χ3n) is 3.45. The van der Waals surface area contributed by atoms with E-state index in [1.807, 2.05) is 43.1 Å². The van der Waals surface area contributed by atoms with Crippen LogP contribution in [-0.2, 0) is 0 Å². The number of para-hydroxylation sites is 2. The second kappa shape index (κ2) is 5.74. The fourth-order valence-electron chi connectivity index (χ4n) is 2.21. The number of ether oxygens (including phenoxy) is 1. The van der Waals surface area contributed by atoms with Gasteiger partial charge in [-0.3, -0.25) is 0 Å². The summed E-state index contributed by atoms with van der Waals surface area (Å²) >= 11 is 0. The molecular formula is C16H19NO3. The molecule has 0 radical (unpaired) electrons. The number of phenolic OH excluding ortho intramolecular Hbond substituents is 2. The Morgan fingerprint density at radius 1 is 1.05 bits per heavy atom. The molecule has 1 atom stereocenters. The Bertz CT molecular complexity index is 578. The standard InChI is InChI=1S/C16H19NO3/c1-11(12-8-13(18)10-14(19)9-12)17(2)15-6-4-5-7-16(15)20-3/h4-11,18-19H,1-3H3. The van der Waals surface area contributed by atoms with Crippen LogP contribution in [0.15, 0.2) is 42.5 Å². The van der Waals surface area contributed by atoms with Crippen LogP contribution in [0.1, 0.15) is 18.5 Å². The highest BCUT2D eigenvalue weighted by Gasteiger charge is 2.16. The van der Waals surface area contributed by atoms with Gasteiger partial charge in [-0.2, -0.15) is 0 Å². The highest BCUT2D eigenvalue weighted by molar-refractivity contribution is 5.59. The maximum Gasteiger partial charge on any atom is 0.142 e. The minimum atomic E-state index is -0.0238. The quantitative estimate of drug-likeness (QED) is 0.897. The number of anilines is 1. The van der Waals surface area contributed by atoms with Crippen molar-refractivity contribution in [3.8, 4) is 17.2 Å². The lowest BCUT2D eigenvalue weighted by Crippen LogP contribution is -2.22. The number of benzene rings is 2. The van der Waals surface area contributed by atoms with Crippen LogP contribution in [-0.4, -0.2) is 24.4 Å². The Kier molecular flexibility index (Phi) is 4.03. The van der Waals surface area contributed by atoms with Crippen LogP contribution in [0.5, 0.6) is 17.2 Å². The number of hydrogen-bond acceptors (Lipinski definition) is 4. The molecule has 0 saturated heterocycles. The van der Waals surface area contributed by atoms with Gasteiger partial charge in [0.25, 0.3) is 0 Å². The van der Waals surface area contributed by atoms with Crippen molar-refractivity contribution >= 4 is 5.69 Å². The molecule has 0 amide bonds. The van der Waals surface area contributed by atoms with Crippen LogP contribution in [0.25, 0.3) is 0 Å². The first-order valence-electron chi connectivity index (χ1n) is 6.41. The molecule has 20 heavy (non-hydrogen) atoms. The van der Waals surface area contributed by atoms with Crippen molar-refractivity contribution in [3.63, 3.8) is 0 Å². The summed E-state index contributed by atoms with van der Waals surface area (Å²) in [6, 6.07) is 12.3. The highest BCUT2D eigenvalue weighted by Crippen LogP contribution is 2.34. The normalized spacial score (nSPS) is 11.9. The molecule has 4 heteroatoms. The fraction of sp³-hybridized carbons (Fsp3) is 0.250. The topological polar surface area (TPSA) is 52.9 Å². The zero-order chi connectivity index (χ0) is 14.7. The predicted octanol–water partition coefficient (Wildman–Crippen LogP) is 3.30. The summed E-state index contributed by atoms with van der Waals surface area (Å²) in [6.07, 6.45) is 0. The lowest BCUT2D eigenvalue weighted by Gasteiger charge is -2.28. The second-order valence-electron chi connectivity index (χ2n) is 4.74. The molecule has 1 unspecified atom stereocenters. The molecule has 0 bridgehead atoms. The number of methoxy groups -OCH3 is 1. The van der Waals surface area contributed by atoms with Gasteiger partial charge in [0.1, 0.15) is 17.2 Å². The third-order valence-corrected chi connectivity index (χ3v) is 3.45. The maximum atomic E-state index is 9.59. The molecule has 0 aliphatic rings. The summed E-state index contributed by atoms with van der Waals surface area (Å²) < 4.78 is 5.36. The van der Waals surface area contributed by atoms with E-state index < -0.39 is 0 Å². The first-order valence-corrected chi connectivity index (χ1v) is 6.41. The molecule has 106 valence electrons. The minimum Gasteiger partial charge on any atom is -0.508 e. The summed E-state index contributed by atoms with van der Waals surface area (Å²) in [5.41, 5.74) is 1.78. The number of phenols is 2. The number of nitrogens with zero attached hydrogens (tertiary/aromatic N) is 1. The van der Waals surface area contributed by atoms with Crippen molar-refractivity contribution in [1.82, 2.24) is 0 Å². The monoisotopic (exact) mass is 273 g/mol. The van der Waals surface area contributed by atoms with Crippen molar-refractivity contribution in [2.75, 3.05) is 19.1 Å². The van der Waals surface area contributed by atoms with Crippen LogP contribution in [0, 0.1) is 0 Å². The smallest absolute Gasteiger partial charge is 0.142 e. The molecule has 2 rings (SSSR count). The maximum absolute atomic E-state index is 9.59. The molecule has 0 heterocycles. The van der Waals surface area contributed by atoms with Gasteiger partial charge in [0.2, 0.25) is 0 Å². The second-order valence-corrected chi connectivity index (χ2v) is 4.74. The molecule has 0 aromatic heterocycles. The molecule has 0 aliphatic carbocycles. The van der Waals surface area contributed by atoms with Crippen LogP contribution < -0.4 is 9.64 Å². The largest absolute Gasteiger partial charge is 0.508 e. The van der Waals surface area contributed by atoms with Crippen LogP contribution >= 0.6 is 0 Å². The van der Waals surface area contributed by atoms with Crippen molar-refractivity contribution in [2.45, 2.75) is 13.0 Å². The van der Waals surface area contributed by atoms with Crippen LogP contribution in [0.3, 0.4) is 0 Å². The molecule has 2 aromatic carbocycles. The molecule has 0 saturated carbocycles. The lowest BCUT2D eigenvalue weighted by molar-refractivity contribution is 0.414. The molecule has 4 nitrogen and oxygen atoms in total. The van der Waals surface area contributed by atoms with E-state index >= 15 is 0 Å². The van der Waals surface area contributed by atoms with Crippen molar-refractivity contribution < 1.29 is 14.9 Å². The molecule has 0 fully saturated rings. The number of hydrogen-bond donors (Lipinski definition) is 2. The lowest BCUT2D eigenvalue weighted by atomic mass is 10.1. The van der Waals surface area contributed by atoms with Gasteiger partial charge in [-0.1, -0.05) is 12.1 Å².